The van der Waals surface area contributed by atoms with E-state index in [0.29, 0.717) is 23.4 Å². The van der Waals surface area contributed by atoms with E-state index in [-0.39, 0.29) is 17.9 Å². The van der Waals surface area contributed by atoms with Crippen LogP contribution in [0, 0.1) is 0 Å². The van der Waals surface area contributed by atoms with E-state index in [2.05, 4.69) is 10.6 Å². The number of hydrogen-bond acceptors (Lipinski definition) is 3. The van der Waals surface area contributed by atoms with Crippen molar-refractivity contribution in [3.8, 4) is 5.75 Å². The molecule has 0 bridgehead atoms. The van der Waals surface area contributed by atoms with Crippen LogP contribution in [0.2, 0.25) is 0 Å². The van der Waals surface area contributed by atoms with Gasteiger partial charge in [0.15, 0.2) is 6.10 Å². The van der Waals surface area contributed by atoms with Crippen LogP contribution in [0.1, 0.15) is 55.8 Å². The van der Waals surface area contributed by atoms with Crippen LogP contribution >= 0.6 is 0 Å². The lowest BCUT2D eigenvalue weighted by atomic mass is 9.95. The molecule has 0 spiro atoms. The maximum atomic E-state index is 13.0. The highest BCUT2D eigenvalue weighted by molar-refractivity contribution is 6.04. The summed E-state index contributed by atoms with van der Waals surface area (Å²) in [5.41, 5.74) is 0.985. The van der Waals surface area contributed by atoms with Crippen molar-refractivity contribution in [2.45, 2.75) is 57.6 Å². The van der Waals surface area contributed by atoms with Gasteiger partial charge >= 0.3 is 0 Å². The smallest absolute Gasteiger partial charge is 0.265 e. The molecule has 0 unspecified atom stereocenters. The number of anilines is 1. The van der Waals surface area contributed by atoms with Crippen molar-refractivity contribution in [3.63, 3.8) is 0 Å². The number of hydrogen-bond donors (Lipinski definition) is 2. The summed E-state index contributed by atoms with van der Waals surface area (Å²) in [5, 5.41) is 8.22. The fraction of sp³-hybridized carbons (Fsp3) is 0.333. The zero-order valence-electron chi connectivity index (χ0n) is 18.5. The first-order valence-electron chi connectivity index (χ1n) is 11.5. The van der Waals surface area contributed by atoms with Crippen molar-refractivity contribution >= 4 is 28.3 Å². The molecule has 2 N–H and O–H groups in total. The molecule has 1 atom stereocenters. The summed E-state index contributed by atoms with van der Waals surface area (Å²) in [7, 11) is 0. The molecule has 0 saturated heterocycles. The summed E-state index contributed by atoms with van der Waals surface area (Å²) in [5.74, 6) is 0.240. The van der Waals surface area contributed by atoms with E-state index in [1.54, 1.807) is 12.1 Å². The van der Waals surface area contributed by atoms with Crippen LogP contribution in [0.15, 0.2) is 66.7 Å². The zero-order chi connectivity index (χ0) is 22.3. The number of benzene rings is 3. The molecule has 5 heteroatoms. The van der Waals surface area contributed by atoms with Crippen molar-refractivity contribution in [3.05, 3.63) is 72.3 Å². The molecule has 3 aromatic carbocycles. The van der Waals surface area contributed by atoms with E-state index in [4.69, 9.17) is 4.74 Å². The lowest BCUT2D eigenvalue weighted by Crippen LogP contribution is -2.37. The van der Waals surface area contributed by atoms with Crippen molar-refractivity contribution in [1.29, 1.82) is 0 Å². The first-order chi connectivity index (χ1) is 15.6. The molecule has 2 amide bonds. The van der Waals surface area contributed by atoms with Gasteiger partial charge in [-0.05, 0) is 54.3 Å². The molecule has 0 heterocycles. The second-order valence-electron chi connectivity index (χ2n) is 8.37. The number of para-hydroxylation sites is 1. The van der Waals surface area contributed by atoms with Crippen LogP contribution in [0.4, 0.5) is 5.69 Å². The number of carbonyl (C=O) groups is 2. The number of nitrogens with one attached hydrogen (secondary N) is 2. The second kappa shape index (κ2) is 10.3. The molecule has 1 aliphatic rings. The largest absolute Gasteiger partial charge is 0.481 e. The van der Waals surface area contributed by atoms with Crippen molar-refractivity contribution < 1.29 is 14.3 Å². The normalized spacial score (nSPS) is 15.2. The Bertz CT molecular complexity index is 1090. The summed E-state index contributed by atoms with van der Waals surface area (Å²) in [4.78, 5) is 25.9. The molecule has 0 aliphatic heterocycles. The van der Waals surface area contributed by atoms with Gasteiger partial charge in [-0.2, -0.15) is 0 Å². The van der Waals surface area contributed by atoms with Gasteiger partial charge in [-0.3, -0.25) is 9.59 Å². The van der Waals surface area contributed by atoms with Crippen molar-refractivity contribution in [2.75, 3.05) is 5.32 Å². The zero-order valence-corrected chi connectivity index (χ0v) is 18.5. The molecular weight excluding hydrogens is 400 g/mol. The first-order valence-corrected chi connectivity index (χ1v) is 11.5. The SMILES string of the molecule is CC[C@@H](Oc1ccc2ccccc2c1)C(=O)Nc1ccccc1C(=O)NC1CCCCC1. The van der Waals surface area contributed by atoms with E-state index in [1.165, 1.54) is 6.42 Å². The van der Waals surface area contributed by atoms with Crippen LogP contribution in [0.25, 0.3) is 10.8 Å². The second-order valence-corrected chi connectivity index (χ2v) is 8.37. The van der Waals surface area contributed by atoms with Crippen molar-refractivity contribution in [2.24, 2.45) is 0 Å². The van der Waals surface area contributed by atoms with Crippen LogP contribution in [0.3, 0.4) is 0 Å². The van der Waals surface area contributed by atoms with Gasteiger partial charge < -0.3 is 15.4 Å². The Balaban J connectivity index is 1.45. The standard InChI is InChI=1S/C27H30N2O3/c1-2-25(32-22-17-16-19-10-6-7-11-20(19)18-22)27(31)29-24-15-9-8-14-23(24)26(30)28-21-12-4-3-5-13-21/h6-11,14-18,21,25H,2-5,12-13H2,1H3,(H,28,30)(H,29,31)/t25-/m1/s1. The minimum absolute atomic E-state index is 0.142. The summed E-state index contributed by atoms with van der Waals surface area (Å²) in [6, 6.07) is 21.2. The van der Waals surface area contributed by atoms with Gasteiger partial charge in [0.2, 0.25) is 0 Å². The molecule has 1 fully saturated rings. The number of carbonyl (C=O) groups excluding carboxylic acids is 2. The molecule has 1 saturated carbocycles. The van der Waals surface area contributed by atoms with Gasteiger partial charge in [-0.25, -0.2) is 0 Å². The molecule has 0 radical (unpaired) electrons. The van der Waals surface area contributed by atoms with Gasteiger partial charge in [0, 0.05) is 6.04 Å². The molecule has 32 heavy (non-hydrogen) atoms. The lowest BCUT2D eigenvalue weighted by Gasteiger charge is -2.23. The molecular formula is C27H30N2O3. The Morgan fingerprint density at radius 1 is 0.938 bits per heavy atom. The number of rotatable bonds is 7. The maximum Gasteiger partial charge on any atom is 0.265 e. The summed E-state index contributed by atoms with van der Waals surface area (Å²) in [6.07, 6.45) is 5.39. The maximum absolute atomic E-state index is 13.0. The monoisotopic (exact) mass is 430 g/mol. The average molecular weight is 431 g/mol. The topological polar surface area (TPSA) is 67.4 Å². The molecule has 5 nitrogen and oxygen atoms in total. The van der Waals surface area contributed by atoms with Gasteiger partial charge in [-0.1, -0.05) is 68.7 Å². The third-order valence-electron chi connectivity index (χ3n) is 6.03. The average Bonchev–Trinajstić information content (AvgIpc) is 2.83. The number of ether oxygens (including phenoxy) is 1. The summed E-state index contributed by atoms with van der Waals surface area (Å²) in [6.45, 7) is 1.91. The third-order valence-corrected chi connectivity index (χ3v) is 6.03. The summed E-state index contributed by atoms with van der Waals surface area (Å²) >= 11 is 0. The minimum atomic E-state index is -0.661. The minimum Gasteiger partial charge on any atom is -0.481 e. The molecule has 3 aromatic rings. The van der Waals surface area contributed by atoms with Gasteiger partial charge in [0.1, 0.15) is 5.75 Å². The van der Waals surface area contributed by atoms with Gasteiger partial charge in [0.25, 0.3) is 11.8 Å². The third kappa shape index (κ3) is 5.28. The molecule has 1 aliphatic carbocycles. The molecule has 4 rings (SSSR count). The van der Waals surface area contributed by atoms with Crippen LogP contribution < -0.4 is 15.4 Å². The van der Waals surface area contributed by atoms with Gasteiger partial charge in [-0.15, -0.1) is 0 Å². The molecule has 0 aromatic heterocycles. The van der Waals surface area contributed by atoms with Crippen LogP contribution in [-0.2, 0) is 4.79 Å². The molecule has 166 valence electrons. The highest BCUT2D eigenvalue weighted by Gasteiger charge is 2.22. The highest BCUT2D eigenvalue weighted by atomic mass is 16.5. The quantitative estimate of drug-likeness (QED) is 0.505. The van der Waals surface area contributed by atoms with E-state index in [9.17, 15) is 9.59 Å². The van der Waals surface area contributed by atoms with Crippen molar-refractivity contribution in [1.82, 2.24) is 5.32 Å². The number of fused-ring (bicyclic) bond motifs is 1. The lowest BCUT2D eigenvalue weighted by molar-refractivity contribution is -0.122. The Morgan fingerprint density at radius 3 is 2.44 bits per heavy atom. The Kier molecular flexibility index (Phi) is 7.05. The fourth-order valence-electron chi connectivity index (χ4n) is 4.24. The van der Waals surface area contributed by atoms with Crippen LogP contribution in [0.5, 0.6) is 5.75 Å². The van der Waals surface area contributed by atoms with Gasteiger partial charge in [0.05, 0.1) is 11.3 Å². The van der Waals surface area contributed by atoms with E-state index in [0.717, 1.165) is 36.5 Å². The Morgan fingerprint density at radius 2 is 1.66 bits per heavy atom. The predicted octanol–water partition coefficient (Wildman–Crippen LogP) is 5.70. The Hall–Kier alpha value is -3.34. The number of amides is 2. The first kappa shape index (κ1) is 21.9. The van der Waals surface area contributed by atoms with E-state index in [1.807, 2.05) is 61.5 Å². The highest BCUT2D eigenvalue weighted by Crippen LogP contribution is 2.23. The predicted molar refractivity (Wildman–Crippen MR) is 128 cm³/mol. The summed E-state index contributed by atoms with van der Waals surface area (Å²) < 4.78 is 6.02. The fourth-order valence-corrected chi connectivity index (χ4v) is 4.24. The Labute approximate surface area is 189 Å². The van der Waals surface area contributed by atoms with Crippen LogP contribution in [-0.4, -0.2) is 24.0 Å². The van der Waals surface area contributed by atoms with E-state index < -0.39 is 6.10 Å². The van der Waals surface area contributed by atoms with E-state index >= 15 is 0 Å².